The number of carbonyl (C=O) groups is 1. The lowest BCUT2D eigenvalue weighted by Crippen LogP contribution is -2.45. The number of hydrogen-bond donors (Lipinski definition) is 1. The highest BCUT2D eigenvalue weighted by Gasteiger charge is 2.39. The molecule has 7 heteroatoms. The third-order valence-electron chi connectivity index (χ3n) is 6.13. The Labute approximate surface area is 187 Å². The summed E-state index contributed by atoms with van der Waals surface area (Å²) in [7, 11) is 0. The highest BCUT2D eigenvalue weighted by Crippen LogP contribution is 2.44. The lowest BCUT2D eigenvalue weighted by Gasteiger charge is -2.37. The SMILES string of the molecule is O=C(OCC1c2ccccc2-c2ccccc21)N1CCC(O)(c2scnc2Br)CC1. The Morgan fingerprint density at radius 2 is 1.73 bits per heavy atom. The van der Waals surface area contributed by atoms with Crippen molar-refractivity contribution >= 4 is 33.4 Å². The van der Waals surface area contributed by atoms with Crippen LogP contribution in [0.25, 0.3) is 11.1 Å². The first kappa shape index (κ1) is 19.7. The number of halogens is 1. The molecule has 1 N–H and O–H groups in total. The number of likely N-dealkylation sites (tertiary alicyclic amines) is 1. The van der Waals surface area contributed by atoms with Crippen LogP contribution in [-0.2, 0) is 10.3 Å². The van der Waals surface area contributed by atoms with Crippen molar-refractivity contribution in [2.24, 2.45) is 0 Å². The van der Waals surface area contributed by atoms with Gasteiger partial charge in [0.15, 0.2) is 0 Å². The van der Waals surface area contributed by atoms with E-state index in [4.69, 9.17) is 4.74 Å². The van der Waals surface area contributed by atoms with E-state index in [0.717, 1.165) is 4.88 Å². The molecule has 1 saturated heterocycles. The molecule has 1 aromatic heterocycles. The number of carbonyl (C=O) groups excluding carboxylic acids is 1. The number of nitrogens with zero attached hydrogens (tertiary/aromatic N) is 2. The predicted molar refractivity (Wildman–Crippen MR) is 120 cm³/mol. The number of rotatable bonds is 3. The molecule has 0 spiro atoms. The minimum absolute atomic E-state index is 0.0521. The topological polar surface area (TPSA) is 62.7 Å². The summed E-state index contributed by atoms with van der Waals surface area (Å²) in [4.78, 5) is 19.4. The smallest absolute Gasteiger partial charge is 0.409 e. The van der Waals surface area contributed by atoms with Gasteiger partial charge in [-0.05, 0) is 51.0 Å². The Kier molecular flexibility index (Phi) is 5.13. The second kappa shape index (κ2) is 7.80. The van der Waals surface area contributed by atoms with Gasteiger partial charge in [-0.25, -0.2) is 9.78 Å². The molecule has 5 rings (SSSR count). The van der Waals surface area contributed by atoms with Gasteiger partial charge in [-0.1, -0.05) is 48.5 Å². The maximum absolute atomic E-state index is 12.7. The van der Waals surface area contributed by atoms with E-state index in [0.29, 0.717) is 37.1 Å². The van der Waals surface area contributed by atoms with Crippen molar-refractivity contribution in [3.63, 3.8) is 0 Å². The van der Waals surface area contributed by atoms with Crippen LogP contribution in [-0.4, -0.2) is 40.8 Å². The van der Waals surface area contributed by atoms with Crippen LogP contribution in [0.4, 0.5) is 4.79 Å². The highest BCUT2D eigenvalue weighted by atomic mass is 79.9. The zero-order valence-corrected chi connectivity index (χ0v) is 18.7. The molecule has 1 aliphatic carbocycles. The maximum atomic E-state index is 12.7. The van der Waals surface area contributed by atoms with Crippen molar-refractivity contribution in [2.75, 3.05) is 19.7 Å². The normalized spacial score (nSPS) is 17.5. The second-order valence-corrected chi connectivity index (χ2v) is 9.40. The molecule has 154 valence electrons. The van der Waals surface area contributed by atoms with Crippen molar-refractivity contribution in [1.29, 1.82) is 0 Å². The fraction of sp³-hybridized carbons (Fsp3) is 0.304. The summed E-state index contributed by atoms with van der Waals surface area (Å²) in [5, 5.41) is 11.0. The van der Waals surface area contributed by atoms with E-state index in [1.165, 1.54) is 33.6 Å². The van der Waals surface area contributed by atoms with Gasteiger partial charge in [0.25, 0.3) is 0 Å². The van der Waals surface area contributed by atoms with Crippen LogP contribution in [0.2, 0.25) is 0 Å². The fourth-order valence-corrected chi connectivity index (χ4v) is 6.23. The molecule has 1 aliphatic heterocycles. The number of aliphatic hydroxyl groups is 1. The minimum atomic E-state index is -0.944. The fourth-order valence-electron chi connectivity index (χ4n) is 4.51. The van der Waals surface area contributed by atoms with Crippen LogP contribution in [0.1, 0.15) is 34.8 Å². The molecule has 3 aromatic rings. The average Bonchev–Trinajstić information content (AvgIpc) is 3.34. The molecule has 2 aliphatic rings. The first-order chi connectivity index (χ1) is 14.6. The molecule has 0 saturated carbocycles. The number of amides is 1. The average molecular weight is 485 g/mol. The molecule has 1 amide bonds. The molecule has 2 heterocycles. The molecule has 5 nitrogen and oxygen atoms in total. The molecule has 0 unspecified atom stereocenters. The van der Waals surface area contributed by atoms with Crippen molar-refractivity contribution in [1.82, 2.24) is 9.88 Å². The number of fused-ring (bicyclic) bond motifs is 3. The first-order valence-electron chi connectivity index (χ1n) is 9.98. The molecule has 0 atom stereocenters. The summed E-state index contributed by atoms with van der Waals surface area (Å²) in [5.41, 5.74) is 5.61. The summed E-state index contributed by atoms with van der Waals surface area (Å²) < 4.78 is 6.43. The van der Waals surface area contributed by atoms with Gasteiger partial charge in [-0.15, -0.1) is 11.3 Å². The van der Waals surface area contributed by atoms with E-state index < -0.39 is 5.60 Å². The largest absolute Gasteiger partial charge is 0.448 e. The number of ether oxygens (including phenoxy) is 1. The van der Waals surface area contributed by atoms with Gasteiger partial charge in [-0.2, -0.15) is 0 Å². The van der Waals surface area contributed by atoms with Crippen molar-refractivity contribution in [3.05, 3.63) is 74.6 Å². The first-order valence-corrected chi connectivity index (χ1v) is 11.7. The number of thiazole rings is 1. The van der Waals surface area contributed by atoms with E-state index in [1.54, 1.807) is 10.4 Å². The summed E-state index contributed by atoms with van der Waals surface area (Å²) in [6.45, 7) is 1.23. The van der Waals surface area contributed by atoms with Crippen LogP contribution >= 0.6 is 27.3 Å². The van der Waals surface area contributed by atoms with Crippen LogP contribution in [0, 0.1) is 0 Å². The number of piperidine rings is 1. The zero-order valence-electron chi connectivity index (χ0n) is 16.3. The van der Waals surface area contributed by atoms with E-state index in [9.17, 15) is 9.90 Å². The minimum Gasteiger partial charge on any atom is -0.448 e. The number of aromatic nitrogens is 1. The van der Waals surface area contributed by atoms with Gasteiger partial charge < -0.3 is 14.7 Å². The van der Waals surface area contributed by atoms with Crippen molar-refractivity contribution in [2.45, 2.75) is 24.4 Å². The van der Waals surface area contributed by atoms with Gasteiger partial charge in [0.2, 0.25) is 0 Å². The van der Waals surface area contributed by atoms with Crippen LogP contribution in [0.5, 0.6) is 0 Å². The van der Waals surface area contributed by atoms with E-state index >= 15 is 0 Å². The van der Waals surface area contributed by atoms with Gasteiger partial charge in [0, 0.05) is 19.0 Å². The molecular formula is C23H21BrN2O3S. The van der Waals surface area contributed by atoms with Crippen LogP contribution in [0.15, 0.2) is 58.6 Å². The number of hydrogen-bond acceptors (Lipinski definition) is 5. The lowest BCUT2D eigenvalue weighted by molar-refractivity contribution is -0.0228. The Morgan fingerprint density at radius 1 is 1.13 bits per heavy atom. The Balaban J connectivity index is 1.25. The quantitative estimate of drug-likeness (QED) is 0.558. The van der Waals surface area contributed by atoms with Crippen molar-refractivity contribution in [3.8, 4) is 11.1 Å². The third-order valence-corrected chi connectivity index (χ3v) is 8.02. The summed E-state index contributed by atoms with van der Waals surface area (Å²) >= 11 is 4.84. The van der Waals surface area contributed by atoms with E-state index in [1.807, 2.05) is 24.3 Å². The maximum Gasteiger partial charge on any atom is 0.409 e. The molecule has 0 radical (unpaired) electrons. The van der Waals surface area contributed by atoms with E-state index in [2.05, 4.69) is 45.2 Å². The molecular weight excluding hydrogens is 464 g/mol. The lowest BCUT2D eigenvalue weighted by atomic mass is 9.90. The van der Waals surface area contributed by atoms with Gasteiger partial charge in [-0.3, -0.25) is 0 Å². The molecule has 2 aromatic carbocycles. The summed E-state index contributed by atoms with van der Waals surface area (Å²) in [6.07, 6.45) is 0.623. The van der Waals surface area contributed by atoms with Gasteiger partial charge >= 0.3 is 6.09 Å². The second-order valence-electron chi connectivity index (χ2n) is 7.79. The Morgan fingerprint density at radius 3 is 2.30 bits per heavy atom. The molecule has 1 fully saturated rings. The van der Waals surface area contributed by atoms with Gasteiger partial charge in [0.05, 0.1) is 10.4 Å². The molecule has 30 heavy (non-hydrogen) atoms. The Bertz CT molecular complexity index is 1050. The van der Waals surface area contributed by atoms with E-state index in [-0.39, 0.29) is 12.0 Å². The summed E-state index contributed by atoms with van der Waals surface area (Å²) in [5.74, 6) is 0.0521. The summed E-state index contributed by atoms with van der Waals surface area (Å²) in [6, 6.07) is 16.6. The van der Waals surface area contributed by atoms with Crippen molar-refractivity contribution < 1.29 is 14.6 Å². The van der Waals surface area contributed by atoms with Crippen LogP contribution in [0.3, 0.4) is 0 Å². The molecule has 0 bridgehead atoms. The zero-order chi connectivity index (χ0) is 20.7. The highest BCUT2D eigenvalue weighted by molar-refractivity contribution is 9.10. The standard InChI is InChI=1S/C23H21BrN2O3S/c24-21-20(30-14-25-21)23(28)9-11-26(12-10-23)22(27)29-13-19-17-7-3-1-5-15(17)16-6-2-4-8-18(16)19/h1-8,14,19,28H,9-13H2. The monoisotopic (exact) mass is 484 g/mol. The predicted octanol–water partition coefficient (Wildman–Crippen LogP) is 5.14. The third kappa shape index (κ3) is 3.35. The number of benzene rings is 2. The Hall–Kier alpha value is -2.22. The van der Waals surface area contributed by atoms with Gasteiger partial charge in [0.1, 0.15) is 16.8 Å². The van der Waals surface area contributed by atoms with Crippen LogP contribution < -0.4 is 0 Å².